The highest BCUT2D eigenvalue weighted by Crippen LogP contribution is 2.54. The van der Waals surface area contributed by atoms with Crippen molar-refractivity contribution in [3.8, 4) is 5.75 Å². The molecule has 0 aromatic heterocycles. The molecule has 176 valence electrons. The van der Waals surface area contributed by atoms with Crippen LogP contribution in [0.25, 0.3) is 0 Å². The second-order valence-electron chi connectivity index (χ2n) is 9.40. The second-order valence-corrected chi connectivity index (χ2v) is 9.40. The fourth-order valence-corrected chi connectivity index (χ4v) is 6.40. The number of fused-ring (bicyclic) bond motifs is 3. The minimum absolute atomic E-state index is 0.0218. The fourth-order valence-electron chi connectivity index (χ4n) is 6.40. The minimum Gasteiger partial charge on any atom is -0.507 e. The van der Waals surface area contributed by atoms with Crippen LogP contribution in [0.4, 0.5) is 0 Å². The van der Waals surface area contributed by atoms with Gasteiger partial charge in [-0.1, -0.05) is 19.1 Å². The van der Waals surface area contributed by atoms with Gasteiger partial charge < -0.3 is 21.3 Å². The van der Waals surface area contributed by atoms with Gasteiger partial charge in [-0.2, -0.15) is 0 Å². The Bertz CT molecular complexity index is 1100. The first-order valence-electron chi connectivity index (χ1n) is 10.7. The van der Waals surface area contributed by atoms with E-state index < -0.39 is 76.3 Å². The van der Waals surface area contributed by atoms with E-state index in [1.165, 1.54) is 18.0 Å². The summed E-state index contributed by atoms with van der Waals surface area (Å²) in [6, 6.07) is 3.37. The quantitative estimate of drug-likeness (QED) is 0.400. The van der Waals surface area contributed by atoms with Gasteiger partial charge in [-0.05, 0) is 38.7 Å². The average Bonchev–Trinajstić information content (AvgIpc) is 2.73. The molecule has 33 heavy (non-hydrogen) atoms. The van der Waals surface area contributed by atoms with E-state index in [2.05, 4.69) is 5.32 Å². The van der Waals surface area contributed by atoms with Crippen molar-refractivity contribution in [2.24, 2.45) is 29.4 Å². The number of phenols is 1. The van der Waals surface area contributed by atoms with E-state index in [9.17, 15) is 34.2 Å². The summed E-state index contributed by atoms with van der Waals surface area (Å²) < 4.78 is 0. The molecule has 0 heterocycles. The normalized spacial score (nSPS) is 38.1. The predicted molar refractivity (Wildman–Crippen MR) is 114 cm³/mol. The third-order valence-electron chi connectivity index (χ3n) is 7.79. The lowest BCUT2D eigenvalue weighted by atomic mass is 9.48. The molecule has 8 atom stereocenters. The molecular weight excluding hydrogens is 430 g/mol. The standard InChI is InChI=1S/C23H27N3O7/c1-8-9-6-5-7-10(27)12(9)17(28)13-11(8)18(29)15-16(26(3)4)19(30)14(22(24)33)21(32)23(15,25-2)20(13)31/h5-8,11,13-16,18,25,27,29H,1-4H3,(H2,24,33)/t8-,11+,13?,14?,15-,16-,18+,23-/m0/s1. The van der Waals surface area contributed by atoms with Gasteiger partial charge in [-0.3, -0.25) is 28.9 Å². The highest BCUT2D eigenvalue weighted by atomic mass is 16.3. The number of aliphatic hydroxyl groups is 1. The number of ketones is 4. The molecule has 0 radical (unpaired) electrons. The van der Waals surface area contributed by atoms with Crippen LogP contribution in [-0.2, 0) is 19.2 Å². The second kappa shape index (κ2) is 7.54. The number of amides is 1. The summed E-state index contributed by atoms with van der Waals surface area (Å²) in [5.41, 5.74) is 3.67. The van der Waals surface area contributed by atoms with Crippen molar-refractivity contribution in [1.82, 2.24) is 10.2 Å². The molecule has 0 spiro atoms. The molecule has 2 unspecified atom stereocenters. The van der Waals surface area contributed by atoms with Gasteiger partial charge in [-0.15, -0.1) is 0 Å². The van der Waals surface area contributed by atoms with Crippen LogP contribution in [0.2, 0.25) is 0 Å². The maximum absolute atomic E-state index is 14.0. The fraction of sp³-hybridized carbons (Fsp3) is 0.522. The highest BCUT2D eigenvalue weighted by molar-refractivity contribution is 6.33. The van der Waals surface area contributed by atoms with Crippen LogP contribution in [0.1, 0.15) is 28.8 Å². The molecule has 1 aromatic carbocycles. The van der Waals surface area contributed by atoms with Crippen molar-refractivity contribution in [2.45, 2.75) is 30.5 Å². The van der Waals surface area contributed by atoms with Crippen LogP contribution in [0.3, 0.4) is 0 Å². The van der Waals surface area contributed by atoms with Gasteiger partial charge in [0.2, 0.25) is 5.91 Å². The Balaban J connectivity index is 2.00. The summed E-state index contributed by atoms with van der Waals surface area (Å²) in [7, 11) is 4.41. The van der Waals surface area contributed by atoms with Crippen molar-refractivity contribution < 1.29 is 34.2 Å². The number of primary amides is 1. The van der Waals surface area contributed by atoms with Crippen molar-refractivity contribution in [2.75, 3.05) is 21.1 Å². The van der Waals surface area contributed by atoms with Gasteiger partial charge in [0, 0.05) is 11.8 Å². The number of nitrogens with zero attached hydrogens (tertiary/aromatic N) is 1. The van der Waals surface area contributed by atoms with Crippen molar-refractivity contribution in [1.29, 1.82) is 0 Å². The Labute approximate surface area is 190 Å². The molecular formula is C23H27N3O7. The molecule has 4 rings (SSSR count). The Morgan fingerprint density at radius 1 is 1.15 bits per heavy atom. The lowest BCUT2D eigenvalue weighted by molar-refractivity contribution is -0.173. The molecule has 0 saturated heterocycles. The van der Waals surface area contributed by atoms with Gasteiger partial charge in [0.15, 0.2) is 29.1 Å². The summed E-state index contributed by atoms with van der Waals surface area (Å²) in [6.45, 7) is 1.73. The number of Topliss-reactive ketones (excluding diaryl/α,β-unsaturated/α-hetero) is 4. The van der Waals surface area contributed by atoms with E-state index in [0.717, 1.165) is 0 Å². The van der Waals surface area contributed by atoms with E-state index in [1.807, 2.05) is 0 Å². The van der Waals surface area contributed by atoms with Crippen LogP contribution in [-0.4, -0.2) is 83.0 Å². The molecule has 1 aromatic rings. The topological polar surface area (TPSA) is 167 Å². The van der Waals surface area contributed by atoms with E-state index >= 15 is 0 Å². The third-order valence-corrected chi connectivity index (χ3v) is 7.79. The van der Waals surface area contributed by atoms with Gasteiger partial charge in [-0.25, -0.2) is 0 Å². The number of hydrogen-bond donors (Lipinski definition) is 4. The van der Waals surface area contributed by atoms with Crippen LogP contribution in [0.5, 0.6) is 5.75 Å². The number of aliphatic hydroxyl groups excluding tert-OH is 1. The number of nitrogens with two attached hydrogens (primary N) is 1. The molecule has 0 bridgehead atoms. The van der Waals surface area contributed by atoms with Crippen LogP contribution in [0, 0.1) is 23.7 Å². The minimum atomic E-state index is -2.18. The van der Waals surface area contributed by atoms with Crippen LogP contribution < -0.4 is 11.1 Å². The van der Waals surface area contributed by atoms with Gasteiger partial charge in [0.05, 0.1) is 23.6 Å². The van der Waals surface area contributed by atoms with Crippen molar-refractivity contribution in [3.63, 3.8) is 0 Å². The molecule has 0 aliphatic heterocycles. The molecule has 2 fully saturated rings. The van der Waals surface area contributed by atoms with Crippen molar-refractivity contribution >= 4 is 29.0 Å². The summed E-state index contributed by atoms with van der Waals surface area (Å²) in [5, 5.41) is 24.7. The number of benzene rings is 1. The number of rotatable bonds is 3. The molecule has 10 heteroatoms. The average molecular weight is 457 g/mol. The first-order chi connectivity index (χ1) is 15.4. The summed E-state index contributed by atoms with van der Waals surface area (Å²) >= 11 is 0. The first kappa shape index (κ1) is 23.2. The van der Waals surface area contributed by atoms with E-state index in [1.54, 1.807) is 33.2 Å². The molecule has 3 aliphatic rings. The third kappa shape index (κ3) is 2.74. The Hall–Kier alpha value is -2.95. The molecule has 2 saturated carbocycles. The SMILES string of the molecule is CN[C@@]12C(=O)C(C(N)=O)C(=O)[C@@H](N(C)C)[C@H]1[C@H](O)[C@H]1C(C(=O)c3c(O)cccc3[C@@H]1C)C2=O. The summed E-state index contributed by atoms with van der Waals surface area (Å²) in [5.74, 6) is -10.9. The monoisotopic (exact) mass is 457 g/mol. The van der Waals surface area contributed by atoms with E-state index in [0.29, 0.717) is 5.56 Å². The predicted octanol–water partition coefficient (Wildman–Crippen LogP) is -1.37. The number of nitrogens with one attached hydrogen (secondary N) is 1. The van der Waals surface area contributed by atoms with Crippen LogP contribution in [0.15, 0.2) is 18.2 Å². The zero-order valence-corrected chi connectivity index (χ0v) is 18.7. The first-order valence-corrected chi connectivity index (χ1v) is 10.7. The highest BCUT2D eigenvalue weighted by Gasteiger charge is 2.72. The number of carbonyl (C=O) groups is 5. The largest absolute Gasteiger partial charge is 0.507 e. The zero-order valence-electron chi connectivity index (χ0n) is 18.7. The molecule has 10 nitrogen and oxygen atoms in total. The molecule has 1 amide bonds. The Kier molecular flexibility index (Phi) is 5.31. The number of aromatic hydroxyl groups is 1. The van der Waals surface area contributed by atoms with Crippen molar-refractivity contribution in [3.05, 3.63) is 29.3 Å². The molecule has 3 aliphatic carbocycles. The smallest absolute Gasteiger partial charge is 0.235 e. The van der Waals surface area contributed by atoms with E-state index in [4.69, 9.17) is 5.73 Å². The number of likely N-dealkylation sites (N-methyl/N-ethyl adjacent to an activating group) is 2. The van der Waals surface area contributed by atoms with Gasteiger partial charge in [0.1, 0.15) is 11.3 Å². The lowest BCUT2D eigenvalue weighted by Crippen LogP contribution is -2.81. The van der Waals surface area contributed by atoms with Crippen LogP contribution >= 0.6 is 0 Å². The Morgan fingerprint density at radius 2 is 1.79 bits per heavy atom. The Morgan fingerprint density at radius 3 is 2.33 bits per heavy atom. The summed E-state index contributed by atoms with van der Waals surface area (Å²) in [4.78, 5) is 67.9. The zero-order chi connectivity index (χ0) is 24.6. The van der Waals surface area contributed by atoms with Gasteiger partial charge >= 0.3 is 0 Å². The number of phenolic OH excluding ortho intramolecular Hbond substituents is 1. The number of carbonyl (C=O) groups excluding carboxylic acids is 5. The maximum Gasteiger partial charge on any atom is 0.235 e. The lowest BCUT2D eigenvalue weighted by Gasteiger charge is -2.57. The summed E-state index contributed by atoms with van der Waals surface area (Å²) in [6.07, 6.45) is -1.43. The van der Waals surface area contributed by atoms with E-state index in [-0.39, 0.29) is 11.3 Å². The van der Waals surface area contributed by atoms with Gasteiger partial charge in [0.25, 0.3) is 0 Å². The molecule has 5 N–H and O–H groups in total. The maximum atomic E-state index is 14.0. The number of hydrogen-bond acceptors (Lipinski definition) is 9.